The molecule has 218 valence electrons. The number of amides is 4. The lowest BCUT2D eigenvalue weighted by molar-refractivity contribution is -0.137. The minimum Gasteiger partial charge on any atom is -0.346 e. The molecule has 0 aromatic heterocycles. The van der Waals surface area contributed by atoms with E-state index >= 15 is 0 Å². The van der Waals surface area contributed by atoms with Gasteiger partial charge in [0.1, 0.15) is 5.92 Å². The number of imide groups is 1. The van der Waals surface area contributed by atoms with E-state index in [1.54, 1.807) is 44.2 Å². The summed E-state index contributed by atoms with van der Waals surface area (Å²) in [5.74, 6) is -4.83. The highest BCUT2D eigenvalue weighted by Gasteiger charge is 2.46. The number of ketones is 1. The molecule has 41 heavy (non-hydrogen) atoms. The van der Waals surface area contributed by atoms with Gasteiger partial charge < -0.3 is 10.6 Å². The third-order valence-electron chi connectivity index (χ3n) is 7.22. The van der Waals surface area contributed by atoms with Gasteiger partial charge in [-0.3, -0.25) is 29.3 Å². The topological polar surface area (TPSA) is 121 Å². The van der Waals surface area contributed by atoms with Gasteiger partial charge in [0.25, 0.3) is 0 Å². The smallest absolute Gasteiger partial charge is 0.244 e. The van der Waals surface area contributed by atoms with Crippen molar-refractivity contribution < 1.29 is 24.0 Å². The molecule has 1 unspecified atom stereocenters. The van der Waals surface area contributed by atoms with Gasteiger partial charge in [0.15, 0.2) is 5.78 Å². The van der Waals surface area contributed by atoms with Crippen LogP contribution >= 0.6 is 11.6 Å². The molecule has 8 nitrogen and oxygen atoms in total. The first-order chi connectivity index (χ1) is 19.2. The van der Waals surface area contributed by atoms with E-state index in [1.165, 1.54) is 13.0 Å². The monoisotopic (exact) mass is 579 g/mol. The minimum atomic E-state index is -1.16. The zero-order valence-corrected chi connectivity index (χ0v) is 25.0. The van der Waals surface area contributed by atoms with Crippen molar-refractivity contribution in [2.75, 3.05) is 0 Å². The van der Waals surface area contributed by atoms with Gasteiger partial charge in [0.2, 0.25) is 23.6 Å². The molecule has 1 fully saturated rings. The number of Topliss-reactive ketones (excluding diaryl/α,β-unsaturated/α-hetero) is 1. The first-order valence-corrected chi connectivity index (χ1v) is 14.1. The van der Waals surface area contributed by atoms with E-state index in [0.29, 0.717) is 5.02 Å². The predicted molar refractivity (Wildman–Crippen MR) is 159 cm³/mol. The SMILES string of the molecule is CC(C)[C@H](NC(=O)CC(NC(=O)/C=C/c1ccc(Cl)cc1)c1ccc(C(C)(C)C)cc1)C(=O)[C@@H]1C(=O)NC(=O)[C@H]1C. The Bertz CT molecular complexity index is 1330. The fourth-order valence-corrected chi connectivity index (χ4v) is 4.80. The van der Waals surface area contributed by atoms with E-state index < -0.39 is 53.3 Å². The Morgan fingerprint density at radius 1 is 0.951 bits per heavy atom. The second kappa shape index (κ2) is 13.3. The molecule has 0 bridgehead atoms. The fourth-order valence-electron chi connectivity index (χ4n) is 4.68. The lowest BCUT2D eigenvalue weighted by Gasteiger charge is -2.26. The first kappa shape index (κ1) is 31.7. The van der Waals surface area contributed by atoms with Gasteiger partial charge in [0.05, 0.1) is 24.4 Å². The molecule has 1 saturated heterocycles. The van der Waals surface area contributed by atoms with Crippen LogP contribution in [0.1, 0.15) is 70.7 Å². The number of benzene rings is 2. The van der Waals surface area contributed by atoms with Crippen molar-refractivity contribution in [1.82, 2.24) is 16.0 Å². The van der Waals surface area contributed by atoms with E-state index in [9.17, 15) is 24.0 Å². The summed E-state index contributed by atoms with van der Waals surface area (Å²) in [6.45, 7) is 11.3. The van der Waals surface area contributed by atoms with Crippen LogP contribution in [0.3, 0.4) is 0 Å². The quantitative estimate of drug-likeness (QED) is 0.217. The molecule has 1 aliphatic heterocycles. The lowest BCUT2D eigenvalue weighted by atomic mass is 9.84. The predicted octanol–water partition coefficient (Wildman–Crippen LogP) is 4.52. The molecule has 2 aromatic carbocycles. The van der Waals surface area contributed by atoms with Gasteiger partial charge >= 0.3 is 0 Å². The summed E-state index contributed by atoms with van der Waals surface area (Å²) in [7, 11) is 0. The van der Waals surface area contributed by atoms with Crippen LogP contribution in [0.2, 0.25) is 5.02 Å². The number of rotatable bonds is 10. The van der Waals surface area contributed by atoms with Gasteiger partial charge in [0, 0.05) is 11.1 Å². The number of hydrogen-bond acceptors (Lipinski definition) is 5. The lowest BCUT2D eigenvalue weighted by Crippen LogP contribution is -2.49. The summed E-state index contributed by atoms with van der Waals surface area (Å²) < 4.78 is 0. The molecular weight excluding hydrogens is 542 g/mol. The first-order valence-electron chi connectivity index (χ1n) is 13.7. The number of carbonyl (C=O) groups excluding carboxylic acids is 5. The van der Waals surface area contributed by atoms with Gasteiger partial charge in [-0.05, 0) is 46.2 Å². The van der Waals surface area contributed by atoms with Crippen LogP contribution in [0.25, 0.3) is 6.08 Å². The fraction of sp³-hybridized carbons (Fsp3) is 0.406. The maximum Gasteiger partial charge on any atom is 0.244 e. The summed E-state index contributed by atoms with van der Waals surface area (Å²) in [6.07, 6.45) is 2.89. The molecule has 3 rings (SSSR count). The standard InChI is InChI=1S/C32H38ClN3O5/c1-18(2)28(29(39)27-19(3)30(40)36-31(27)41)35-26(38)17-24(21-10-12-22(13-11-21)32(4,5)6)34-25(37)16-9-20-7-14-23(33)15-8-20/h7-16,18-19,24,27-28H,17H2,1-6H3,(H,34,37)(H,35,38)(H,36,40,41)/b16-9+/t19-,24?,27+,28-/m0/s1. The van der Waals surface area contributed by atoms with Crippen molar-refractivity contribution in [3.05, 3.63) is 76.3 Å². The van der Waals surface area contributed by atoms with Crippen LogP contribution < -0.4 is 16.0 Å². The second-order valence-electron chi connectivity index (χ2n) is 11.8. The summed E-state index contributed by atoms with van der Waals surface area (Å²) in [5, 5.41) is 8.44. The van der Waals surface area contributed by atoms with Crippen molar-refractivity contribution in [2.24, 2.45) is 17.8 Å². The highest BCUT2D eigenvalue weighted by molar-refractivity contribution is 6.30. The Balaban J connectivity index is 1.80. The number of nitrogens with one attached hydrogen (secondary N) is 3. The van der Waals surface area contributed by atoms with Crippen molar-refractivity contribution in [3.63, 3.8) is 0 Å². The van der Waals surface area contributed by atoms with Crippen molar-refractivity contribution in [3.8, 4) is 0 Å². The highest BCUT2D eigenvalue weighted by Crippen LogP contribution is 2.26. The maximum absolute atomic E-state index is 13.3. The Labute approximate surface area is 246 Å². The van der Waals surface area contributed by atoms with Crippen LogP contribution in [-0.2, 0) is 29.4 Å². The molecule has 4 atom stereocenters. The Morgan fingerprint density at radius 3 is 2.07 bits per heavy atom. The average Bonchev–Trinajstić information content (AvgIpc) is 3.16. The number of halogens is 1. The second-order valence-corrected chi connectivity index (χ2v) is 12.3. The normalized spacial score (nSPS) is 18.7. The summed E-state index contributed by atoms with van der Waals surface area (Å²) in [5.41, 5.74) is 2.53. The maximum atomic E-state index is 13.3. The van der Waals surface area contributed by atoms with E-state index in [2.05, 4.69) is 36.7 Å². The third kappa shape index (κ3) is 8.36. The van der Waals surface area contributed by atoms with Crippen LogP contribution in [0.15, 0.2) is 54.6 Å². The largest absolute Gasteiger partial charge is 0.346 e. The van der Waals surface area contributed by atoms with Gasteiger partial charge in [-0.2, -0.15) is 0 Å². The molecule has 9 heteroatoms. The molecule has 0 saturated carbocycles. The Hall–Kier alpha value is -3.78. The van der Waals surface area contributed by atoms with Crippen molar-refractivity contribution in [2.45, 2.75) is 65.5 Å². The van der Waals surface area contributed by atoms with Crippen molar-refractivity contribution in [1.29, 1.82) is 0 Å². The van der Waals surface area contributed by atoms with E-state index in [-0.39, 0.29) is 17.8 Å². The van der Waals surface area contributed by atoms with Gasteiger partial charge in [-0.25, -0.2) is 0 Å². The minimum absolute atomic E-state index is 0.0775. The Kier molecular flexibility index (Phi) is 10.3. The van der Waals surface area contributed by atoms with Crippen molar-refractivity contribution >= 4 is 47.1 Å². The van der Waals surface area contributed by atoms with Crippen LogP contribution in [0.5, 0.6) is 0 Å². The molecule has 3 N–H and O–H groups in total. The van der Waals surface area contributed by atoms with E-state index in [4.69, 9.17) is 11.6 Å². The zero-order chi connectivity index (χ0) is 30.5. The zero-order valence-electron chi connectivity index (χ0n) is 24.3. The molecule has 1 heterocycles. The molecular formula is C32H38ClN3O5. The average molecular weight is 580 g/mol. The number of hydrogen-bond donors (Lipinski definition) is 3. The van der Waals surface area contributed by atoms with Gasteiger partial charge in [-0.15, -0.1) is 0 Å². The van der Waals surface area contributed by atoms with E-state index in [0.717, 1.165) is 16.7 Å². The third-order valence-corrected chi connectivity index (χ3v) is 7.47. The molecule has 2 aromatic rings. The molecule has 0 spiro atoms. The summed E-state index contributed by atoms with van der Waals surface area (Å²) >= 11 is 5.93. The molecule has 1 aliphatic rings. The Morgan fingerprint density at radius 2 is 1.56 bits per heavy atom. The van der Waals surface area contributed by atoms with Crippen LogP contribution in [0, 0.1) is 17.8 Å². The molecule has 0 radical (unpaired) electrons. The number of carbonyl (C=O) groups is 5. The van der Waals surface area contributed by atoms with Crippen LogP contribution in [-0.4, -0.2) is 35.5 Å². The highest BCUT2D eigenvalue weighted by atomic mass is 35.5. The van der Waals surface area contributed by atoms with Gasteiger partial charge in [-0.1, -0.05) is 89.5 Å². The summed E-state index contributed by atoms with van der Waals surface area (Å²) in [4.78, 5) is 63.7. The molecule has 0 aliphatic carbocycles. The van der Waals surface area contributed by atoms with Crippen LogP contribution in [0.4, 0.5) is 0 Å². The van der Waals surface area contributed by atoms with E-state index in [1.807, 2.05) is 24.3 Å². The summed E-state index contributed by atoms with van der Waals surface area (Å²) in [6, 6.07) is 13.0. The molecule has 4 amide bonds.